The fourth-order valence-corrected chi connectivity index (χ4v) is 4.39. The van der Waals surface area contributed by atoms with Gasteiger partial charge in [0, 0.05) is 4.88 Å². The highest BCUT2D eigenvalue weighted by Gasteiger charge is 2.22. The van der Waals surface area contributed by atoms with E-state index >= 15 is 0 Å². The fourth-order valence-electron chi connectivity index (χ4n) is 3.25. The van der Waals surface area contributed by atoms with Crippen LogP contribution in [0.3, 0.4) is 0 Å². The molecule has 0 aliphatic heterocycles. The van der Waals surface area contributed by atoms with E-state index in [1.807, 2.05) is 51.1 Å². The highest BCUT2D eigenvalue weighted by molar-refractivity contribution is 7.22. The van der Waals surface area contributed by atoms with Gasteiger partial charge in [0.2, 0.25) is 5.91 Å². The Hall–Kier alpha value is -2.80. The molecule has 0 saturated heterocycles. The number of nitrogens with zero attached hydrogens (tertiary/aromatic N) is 2. The molecule has 0 saturated carbocycles. The SMILES string of the molecule is CC(=O)C(NC(=O)Cn1cnc2sc(-c3ccccc3)c(C)c2c1=O)C(C)C. The number of hydrogen-bond acceptors (Lipinski definition) is 5. The minimum Gasteiger partial charge on any atom is -0.344 e. The number of thiophene rings is 1. The molecule has 1 amide bonds. The number of carbonyl (C=O) groups is 2. The molecule has 0 aliphatic rings. The number of benzene rings is 1. The van der Waals surface area contributed by atoms with Crippen LogP contribution in [0.1, 0.15) is 26.3 Å². The molecule has 0 spiro atoms. The van der Waals surface area contributed by atoms with Crippen LogP contribution < -0.4 is 10.9 Å². The second-order valence-corrected chi connectivity index (χ2v) is 8.18. The van der Waals surface area contributed by atoms with Gasteiger partial charge in [-0.3, -0.25) is 19.0 Å². The Morgan fingerprint density at radius 2 is 1.89 bits per heavy atom. The molecule has 0 bridgehead atoms. The molecule has 7 heteroatoms. The number of nitrogens with one attached hydrogen (secondary N) is 1. The summed E-state index contributed by atoms with van der Waals surface area (Å²) in [6.45, 7) is 6.91. The molecule has 28 heavy (non-hydrogen) atoms. The van der Waals surface area contributed by atoms with E-state index in [2.05, 4.69) is 10.3 Å². The third-order valence-electron chi connectivity index (χ3n) is 4.69. The monoisotopic (exact) mass is 397 g/mol. The number of hydrogen-bond donors (Lipinski definition) is 1. The normalized spacial score (nSPS) is 12.3. The van der Waals surface area contributed by atoms with E-state index in [0.717, 1.165) is 16.0 Å². The lowest BCUT2D eigenvalue weighted by molar-refractivity contribution is -0.128. The van der Waals surface area contributed by atoms with Crippen LogP contribution in [0, 0.1) is 12.8 Å². The quantitative estimate of drug-likeness (QED) is 0.693. The minimum atomic E-state index is -0.563. The Bertz CT molecular complexity index is 1080. The van der Waals surface area contributed by atoms with Gasteiger partial charge in [-0.15, -0.1) is 11.3 Å². The standard InChI is InChI=1S/C21H23N3O3S/c1-12(2)18(14(4)25)23-16(26)10-24-11-22-20-17(21(24)27)13(3)19(28-20)15-8-6-5-7-9-15/h5-9,11-12,18H,10H2,1-4H3,(H,23,26). The first-order valence-corrected chi connectivity index (χ1v) is 9.95. The van der Waals surface area contributed by atoms with Crippen LogP contribution in [-0.4, -0.2) is 27.3 Å². The summed E-state index contributed by atoms with van der Waals surface area (Å²) in [7, 11) is 0. The zero-order valence-electron chi connectivity index (χ0n) is 16.4. The van der Waals surface area contributed by atoms with Gasteiger partial charge in [0.05, 0.1) is 17.8 Å². The van der Waals surface area contributed by atoms with Crippen molar-refractivity contribution in [2.24, 2.45) is 5.92 Å². The van der Waals surface area contributed by atoms with E-state index in [0.29, 0.717) is 10.2 Å². The predicted molar refractivity (Wildman–Crippen MR) is 112 cm³/mol. The maximum Gasteiger partial charge on any atom is 0.262 e. The number of ketones is 1. The summed E-state index contributed by atoms with van der Waals surface area (Å²) in [5, 5.41) is 3.25. The van der Waals surface area contributed by atoms with Crippen molar-refractivity contribution in [2.45, 2.75) is 40.3 Å². The van der Waals surface area contributed by atoms with E-state index in [-0.39, 0.29) is 29.7 Å². The maximum absolute atomic E-state index is 13.0. The van der Waals surface area contributed by atoms with Crippen molar-refractivity contribution in [3.63, 3.8) is 0 Å². The van der Waals surface area contributed by atoms with Gasteiger partial charge in [0.15, 0.2) is 5.78 Å². The Kier molecular flexibility index (Phi) is 5.74. The summed E-state index contributed by atoms with van der Waals surface area (Å²) in [4.78, 5) is 43.1. The number of rotatable bonds is 6. The van der Waals surface area contributed by atoms with E-state index in [1.54, 1.807) is 0 Å². The number of aromatic nitrogens is 2. The molecule has 1 N–H and O–H groups in total. The van der Waals surface area contributed by atoms with Crippen molar-refractivity contribution in [1.82, 2.24) is 14.9 Å². The van der Waals surface area contributed by atoms with Crippen LogP contribution in [0.4, 0.5) is 0 Å². The Morgan fingerprint density at radius 3 is 2.50 bits per heavy atom. The Balaban J connectivity index is 1.93. The highest BCUT2D eigenvalue weighted by Crippen LogP contribution is 2.35. The topological polar surface area (TPSA) is 81.1 Å². The number of aryl methyl sites for hydroxylation is 1. The van der Waals surface area contributed by atoms with Crippen molar-refractivity contribution in [1.29, 1.82) is 0 Å². The largest absolute Gasteiger partial charge is 0.344 e. The number of amides is 1. The molecule has 3 rings (SSSR count). The molecule has 2 heterocycles. The molecule has 3 aromatic rings. The van der Waals surface area contributed by atoms with Crippen molar-refractivity contribution in [2.75, 3.05) is 0 Å². The van der Waals surface area contributed by atoms with Gasteiger partial charge < -0.3 is 5.32 Å². The van der Waals surface area contributed by atoms with Crippen molar-refractivity contribution < 1.29 is 9.59 Å². The molecular weight excluding hydrogens is 374 g/mol. The lowest BCUT2D eigenvalue weighted by atomic mass is 10.0. The molecular formula is C21H23N3O3S. The average molecular weight is 398 g/mol. The average Bonchev–Trinajstić information content (AvgIpc) is 2.99. The van der Waals surface area contributed by atoms with E-state index in [9.17, 15) is 14.4 Å². The summed E-state index contributed by atoms with van der Waals surface area (Å²) in [6, 6.07) is 9.29. The van der Waals surface area contributed by atoms with Gasteiger partial charge in [-0.25, -0.2) is 4.98 Å². The first-order chi connectivity index (χ1) is 13.3. The van der Waals surface area contributed by atoms with Gasteiger partial charge in [0.1, 0.15) is 11.4 Å². The zero-order chi connectivity index (χ0) is 20.4. The van der Waals surface area contributed by atoms with Gasteiger partial charge in [-0.2, -0.15) is 0 Å². The van der Waals surface area contributed by atoms with Gasteiger partial charge >= 0.3 is 0 Å². The molecule has 0 radical (unpaired) electrons. The molecule has 146 valence electrons. The predicted octanol–water partition coefficient (Wildman–Crippen LogP) is 3.16. The first kappa shape index (κ1) is 19.9. The van der Waals surface area contributed by atoms with Gasteiger partial charge in [-0.1, -0.05) is 44.2 Å². The molecule has 0 fully saturated rings. The van der Waals surface area contributed by atoms with Crippen LogP contribution in [0.5, 0.6) is 0 Å². The van der Waals surface area contributed by atoms with E-state index in [1.165, 1.54) is 29.2 Å². The second kappa shape index (κ2) is 8.06. The summed E-state index contributed by atoms with van der Waals surface area (Å²) in [5.74, 6) is -0.509. The second-order valence-electron chi connectivity index (χ2n) is 7.18. The first-order valence-electron chi connectivity index (χ1n) is 9.13. The molecule has 0 aliphatic carbocycles. The molecule has 1 unspecified atom stereocenters. The van der Waals surface area contributed by atoms with Crippen molar-refractivity contribution >= 4 is 33.2 Å². The summed E-state index contributed by atoms with van der Waals surface area (Å²) in [5.41, 5.74) is 1.65. The summed E-state index contributed by atoms with van der Waals surface area (Å²) in [6.07, 6.45) is 1.40. The van der Waals surface area contributed by atoms with Crippen LogP contribution in [0.15, 0.2) is 41.5 Å². The number of carbonyl (C=O) groups excluding carboxylic acids is 2. The Morgan fingerprint density at radius 1 is 1.21 bits per heavy atom. The van der Waals surface area contributed by atoms with Crippen LogP contribution in [-0.2, 0) is 16.1 Å². The number of Topliss-reactive ketones (excluding diaryl/α,β-unsaturated/α-hetero) is 1. The lowest BCUT2D eigenvalue weighted by Gasteiger charge is -2.19. The highest BCUT2D eigenvalue weighted by atomic mass is 32.1. The summed E-state index contributed by atoms with van der Waals surface area (Å²) < 4.78 is 1.30. The molecule has 6 nitrogen and oxygen atoms in total. The third-order valence-corrected chi connectivity index (χ3v) is 5.94. The van der Waals surface area contributed by atoms with Crippen molar-refractivity contribution in [3.05, 3.63) is 52.6 Å². The van der Waals surface area contributed by atoms with Crippen LogP contribution in [0.2, 0.25) is 0 Å². The lowest BCUT2D eigenvalue weighted by Crippen LogP contribution is -2.45. The van der Waals surface area contributed by atoms with Crippen LogP contribution >= 0.6 is 11.3 Å². The smallest absolute Gasteiger partial charge is 0.262 e. The van der Waals surface area contributed by atoms with E-state index in [4.69, 9.17) is 0 Å². The maximum atomic E-state index is 13.0. The molecule has 1 atom stereocenters. The minimum absolute atomic E-state index is 0.0219. The van der Waals surface area contributed by atoms with Crippen molar-refractivity contribution in [3.8, 4) is 10.4 Å². The van der Waals surface area contributed by atoms with E-state index < -0.39 is 6.04 Å². The molecule has 1 aromatic carbocycles. The summed E-state index contributed by atoms with van der Waals surface area (Å²) >= 11 is 1.47. The van der Waals surface area contributed by atoms with Gasteiger partial charge in [-0.05, 0) is 30.9 Å². The van der Waals surface area contributed by atoms with Crippen LogP contribution in [0.25, 0.3) is 20.7 Å². The zero-order valence-corrected chi connectivity index (χ0v) is 17.2. The fraction of sp³-hybridized carbons (Fsp3) is 0.333. The molecule has 2 aromatic heterocycles. The third kappa shape index (κ3) is 3.89. The Labute approximate surface area is 167 Å². The van der Waals surface area contributed by atoms with Gasteiger partial charge in [0.25, 0.3) is 5.56 Å². The number of fused-ring (bicyclic) bond motifs is 1.